The van der Waals surface area contributed by atoms with Crippen molar-refractivity contribution in [1.82, 2.24) is 9.80 Å². The number of nitrogens with zero attached hydrogens (tertiary/aromatic N) is 2. The fraction of sp³-hybridized carbons (Fsp3) is 0.333. The molecule has 164 valence electrons. The first kappa shape index (κ1) is 22.8. The number of hydrogen-bond donors (Lipinski definition) is 1. The van der Waals surface area contributed by atoms with E-state index < -0.39 is 17.7 Å². The highest BCUT2D eigenvalue weighted by molar-refractivity contribution is 6.46. The first-order valence-electron chi connectivity index (χ1n) is 10.2. The van der Waals surface area contributed by atoms with Crippen LogP contribution in [0.2, 0.25) is 5.02 Å². The Balaban J connectivity index is 2.05. The van der Waals surface area contributed by atoms with E-state index in [9.17, 15) is 14.7 Å². The Hall–Kier alpha value is -2.83. The molecule has 2 aromatic rings. The van der Waals surface area contributed by atoms with E-state index in [0.29, 0.717) is 35.9 Å². The third kappa shape index (κ3) is 5.09. The van der Waals surface area contributed by atoms with Gasteiger partial charge in [0.1, 0.15) is 11.5 Å². The lowest BCUT2D eigenvalue weighted by molar-refractivity contribution is -0.139. The van der Waals surface area contributed by atoms with E-state index in [0.717, 1.165) is 12.1 Å². The maximum atomic E-state index is 13.0. The molecule has 1 heterocycles. The van der Waals surface area contributed by atoms with E-state index in [1.807, 2.05) is 38.1 Å². The second-order valence-corrected chi connectivity index (χ2v) is 8.09. The summed E-state index contributed by atoms with van der Waals surface area (Å²) in [6, 6.07) is 13.1. The van der Waals surface area contributed by atoms with Gasteiger partial charge in [-0.05, 0) is 75.9 Å². The summed E-state index contributed by atoms with van der Waals surface area (Å²) < 4.78 is 5.51. The largest absolute Gasteiger partial charge is 0.507 e. The van der Waals surface area contributed by atoms with Gasteiger partial charge in [0.2, 0.25) is 0 Å². The fourth-order valence-corrected chi connectivity index (χ4v) is 3.82. The molecule has 1 aliphatic rings. The molecule has 2 aromatic carbocycles. The molecule has 1 atom stereocenters. The number of hydrogen-bond acceptors (Lipinski definition) is 5. The zero-order valence-corrected chi connectivity index (χ0v) is 18.7. The number of carbonyl (C=O) groups excluding carboxylic acids is 2. The van der Waals surface area contributed by atoms with Crippen LogP contribution in [0.25, 0.3) is 5.76 Å². The number of halogens is 1. The molecule has 0 unspecified atom stereocenters. The van der Waals surface area contributed by atoms with Crippen LogP contribution in [0.4, 0.5) is 0 Å². The molecule has 1 N–H and O–H groups in total. The number of amides is 1. The number of Topliss-reactive ketones (excluding diaryl/α,β-unsaturated/α-hetero) is 1. The van der Waals surface area contributed by atoms with Gasteiger partial charge in [0.05, 0.1) is 18.2 Å². The lowest BCUT2D eigenvalue weighted by Gasteiger charge is -2.26. The summed E-state index contributed by atoms with van der Waals surface area (Å²) in [7, 11) is 3.91. The van der Waals surface area contributed by atoms with Gasteiger partial charge in [-0.1, -0.05) is 23.7 Å². The Kier molecular flexibility index (Phi) is 7.36. The van der Waals surface area contributed by atoms with Gasteiger partial charge >= 0.3 is 0 Å². The smallest absolute Gasteiger partial charge is 0.295 e. The Bertz CT molecular complexity index is 968. The van der Waals surface area contributed by atoms with Crippen molar-refractivity contribution in [3.63, 3.8) is 0 Å². The number of aliphatic hydroxyl groups excluding tert-OH is 1. The third-order valence-electron chi connectivity index (χ3n) is 5.17. The number of ketones is 1. The van der Waals surface area contributed by atoms with Crippen molar-refractivity contribution >= 4 is 29.1 Å². The van der Waals surface area contributed by atoms with E-state index in [2.05, 4.69) is 0 Å². The average Bonchev–Trinajstić information content (AvgIpc) is 2.99. The van der Waals surface area contributed by atoms with Crippen molar-refractivity contribution in [2.75, 3.05) is 33.8 Å². The van der Waals surface area contributed by atoms with Gasteiger partial charge in [0.25, 0.3) is 11.7 Å². The number of benzene rings is 2. The molecule has 0 aliphatic carbocycles. The van der Waals surface area contributed by atoms with Crippen LogP contribution in [0.1, 0.15) is 30.5 Å². The van der Waals surface area contributed by atoms with E-state index in [1.54, 1.807) is 41.3 Å². The Morgan fingerprint density at radius 1 is 1.10 bits per heavy atom. The van der Waals surface area contributed by atoms with Crippen LogP contribution in [0.5, 0.6) is 5.75 Å². The Morgan fingerprint density at radius 3 is 2.32 bits per heavy atom. The summed E-state index contributed by atoms with van der Waals surface area (Å²) in [6.45, 7) is 3.62. The second kappa shape index (κ2) is 9.98. The first-order chi connectivity index (χ1) is 14.8. The molecule has 0 saturated carbocycles. The van der Waals surface area contributed by atoms with Gasteiger partial charge in [-0.3, -0.25) is 9.59 Å². The molecule has 1 amide bonds. The molecule has 1 saturated heterocycles. The summed E-state index contributed by atoms with van der Waals surface area (Å²) in [5, 5.41) is 11.5. The lowest BCUT2D eigenvalue weighted by Crippen LogP contribution is -2.32. The molecule has 3 rings (SSSR count). The highest BCUT2D eigenvalue weighted by Gasteiger charge is 2.45. The van der Waals surface area contributed by atoms with Gasteiger partial charge in [-0.15, -0.1) is 0 Å². The minimum absolute atomic E-state index is 0.0846. The molecular formula is C24H27ClN2O4. The van der Waals surface area contributed by atoms with Gasteiger partial charge in [-0.2, -0.15) is 0 Å². The maximum absolute atomic E-state index is 13.0. The summed E-state index contributed by atoms with van der Waals surface area (Å²) in [4.78, 5) is 29.5. The minimum atomic E-state index is -0.684. The van der Waals surface area contributed by atoms with Crippen LogP contribution in [0.3, 0.4) is 0 Å². The summed E-state index contributed by atoms with van der Waals surface area (Å²) in [6.07, 6.45) is 0.703. The SMILES string of the molecule is CCOc1ccc([C@H]2C(=C(O)c3ccc(Cl)cc3)C(=O)C(=O)N2CCCN(C)C)cc1. The average molecular weight is 443 g/mol. The summed E-state index contributed by atoms with van der Waals surface area (Å²) >= 11 is 5.96. The maximum Gasteiger partial charge on any atom is 0.295 e. The number of likely N-dealkylation sites (tertiary alicyclic amines) is 1. The van der Waals surface area contributed by atoms with Crippen molar-refractivity contribution in [2.45, 2.75) is 19.4 Å². The minimum Gasteiger partial charge on any atom is -0.507 e. The van der Waals surface area contributed by atoms with Crippen molar-refractivity contribution in [2.24, 2.45) is 0 Å². The first-order valence-corrected chi connectivity index (χ1v) is 10.6. The zero-order chi connectivity index (χ0) is 22.5. The van der Waals surface area contributed by atoms with Crippen molar-refractivity contribution in [3.8, 4) is 5.75 Å². The molecule has 0 radical (unpaired) electrons. The molecule has 7 heteroatoms. The lowest BCUT2D eigenvalue weighted by atomic mass is 9.95. The van der Waals surface area contributed by atoms with Crippen LogP contribution in [-0.2, 0) is 9.59 Å². The van der Waals surface area contributed by atoms with Crippen LogP contribution < -0.4 is 4.74 Å². The van der Waals surface area contributed by atoms with Crippen molar-refractivity contribution in [1.29, 1.82) is 0 Å². The predicted octanol–water partition coefficient (Wildman–Crippen LogP) is 4.11. The molecular weight excluding hydrogens is 416 g/mol. The molecule has 6 nitrogen and oxygen atoms in total. The standard InChI is InChI=1S/C24H27ClN2O4/c1-4-31-19-12-8-16(9-13-19)21-20(22(28)17-6-10-18(25)11-7-17)23(29)24(30)27(21)15-5-14-26(2)3/h6-13,21,28H,4-5,14-15H2,1-3H3/t21-/m0/s1. The number of carbonyl (C=O) groups is 2. The second-order valence-electron chi connectivity index (χ2n) is 7.66. The van der Waals surface area contributed by atoms with Gasteiger partial charge in [0.15, 0.2) is 0 Å². The van der Waals surface area contributed by atoms with E-state index in [1.165, 1.54) is 0 Å². The van der Waals surface area contributed by atoms with Crippen molar-refractivity contribution in [3.05, 3.63) is 70.3 Å². The molecule has 0 spiro atoms. The zero-order valence-electron chi connectivity index (χ0n) is 18.0. The van der Waals surface area contributed by atoms with Crippen LogP contribution in [0.15, 0.2) is 54.1 Å². The van der Waals surface area contributed by atoms with E-state index in [4.69, 9.17) is 16.3 Å². The van der Waals surface area contributed by atoms with Gasteiger partial charge < -0.3 is 19.6 Å². The molecule has 1 aliphatic heterocycles. The highest BCUT2D eigenvalue weighted by atomic mass is 35.5. The quantitative estimate of drug-likeness (QED) is 0.378. The van der Waals surface area contributed by atoms with Crippen molar-refractivity contribution < 1.29 is 19.4 Å². The topological polar surface area (TPSA) is 70.1 Å². The molecule has 1 fully saturated rings. The monoisotopic (exact) mass is 442 g/mol. The van der Waals surface area contributed by atoms with Crippen LogP contribution in [-0.4, -0.2) is 60.4 Å². The summed E-state index contributed by atoms with van der Waals surface area (Å²) in [5.74, 6) is -0.790. The van der Waals surface area contributed by atoms with Crippen LogP contribution in [0, 0.1) is 0 Å². The normalized spacial score (nSPS) is 18.1. The fourth-order valence-electron chi connectivity index (χ4n) is 3.69. The molecule has 0 bridgehead atoms. The number of rotatable bonds is 8. The van der Waals surface area contributed by atoms with Crippen LogP contribution >= 0.6 is 11.6 Å². The predicted molar refractivity (Wildman–Crippen MR) is 121 cm³/mol. The van der Waals surface area contributed by atoms with Gasteiger partial charge in [0, 0.05) is 17.1 Å². The number of aliphatic hydroxyl groups is 1. The number of ether oxygens (including phenoxy) is 1. The Morgan fingerprint density at radius 2 is 1.74 bits per heavy atom. The van der Waals surface area contributed by atoms with Gasteiger partial charge in [-0.25, -0.2) is 0 Å². The summed E-state index contributed by atoms with van der Waals surface area (Å²) in [5.41, 5.74) is 1.26. The van der Waals surface area contributed by atoms with E-state index in [-0.39, 0.29) is 11.3 Å². The van der Waals surface area contributed by atoms with E-state index >= 15 is 0 Å². The third-order valence-corrected chi connectivity index (χ3v) is 5.42. The molecule has 31 heavy (non-hydrogen) atoms. The molecule has 0 aromatic heterocycles. The highest BCUT2D eigenvalue weighted by Crippen LogP contribution is 2.40. The Labute approximate surface area is 187 Å².